The first kappa shape index (κ1) is 21.8. The smallest absolute Gasteiger partial charge is 0.148 e. The number of rotatable bonds is 8. The summed E-state index contributed by atoms with van der Waals surface area (Å²) in [6.45, 7) is 9.16. The van der Waals surface area contributed by atoms with Gasteiger partial charge in [0.15, 0.2) is 0 Å². The van der Waals surface area contributed by atoms with Gasteiger partial charge in [0.1, 0.15) is 10.8 Å². The number of nitrogens with one attached hydrogen (secondary N) is 1. The number of hydrogen-bond acceptors (Lipinski definition) is 5. The fourth-order valence-electron chi connectivity index (χ4n) is 4.12. The van der Waals surface area contributed by atoms with Crippen LogP contribution in [-0.2, 0) is 24.0 Å². The normalized spacial score (nSPS) is 17.5. The van der Waals surface area contributed by atoms with Crippen molar-refractivity contribution in [3.8, 4) is 0 Å². The maximum absolute atomic E-state index is 6.10. The first-order valence-electron chi connectivity index (χ1n) is 11.2. The Morgan fingerprint density at radius 1 is 0.968 bits per heavy atom. The van der Waals surface area contributed by atoms with Crippen molar-refractivity contribution in [2.75, 3.05) is 11.9 Å². The van der Waals surface area contributed by atoms with Crippen LogP contribution in [0, 0.1) is 6.92 Å². The zero-order valence-corrected chi connectivity index (χ0v) is 19.6. The highest BCUT2D eigenvalue weighted by Gasteiger charge is 2.33. The van der Waals surface area contributed by atoms with Crippen LogP contribution in [0.1, 0.15) is 54.9 Å². The lowest BCUT2D eigenvalue weighted by molar-refractivity contribution is 0.0573. The number of anilines is 1. The molecule has 5 heteroatoms. The van der Waals surface area contributed by atoms with Gasteiger partial charge in [-0.25, -0.2) is 9.97 Å². The van der Waals surface area contributed by atoms with Gasteiger partial charge in [-0.05, 0) is 49.9 Å². The molecule has 2 atom stereocenters. The van der Waals surface area contributed by atoms with Crippen LogP contribution in [0.15, 0.2) is 58.5 Å². The summed E-state index contributed by atoms with van der Waals surface area (Å²) in [6.07, 6.45) is 2.71. The molecule has 3 aromatic rings. The topological polar surface area (TPSA) is 47.0 Å². The van der Waals surface area contributed by atoms with Crippen molar-refractivity contribution in [1.29, 1.82) is 0 Å². The Hall–Kier alpha value is -2.37. The third-order valence-electron chi connectivity index (χ3n) is 5.76. The summed E-state index contributed by atoms with van der Waals surface area (Å²) in [5.41, 5.74) is 5.96. The minimum atomic E-state index is 0.0936. The molecule has 0 spiro atoms. The van der Waals surface area contributed by atoms with Gasteiger partial charge in [0.05, 0.1) is 23.5 Å². The number of fused-ring (bicyclic) bond motifs is 1. The molecule has 31 heavy (non-hydrogen) atoms. The molecule has 0 saturated heterocycles. The average molecular weight is 434 g/mol. The van der Waals surface area contributed by atoms with Crippen LogP contribution in [0.3, 0.4) is 0 Å². The Kier molecular flexibility index (Phi) is 6.93. The standard InChI is InChI=1S/C26H31N3OS/c1-5-21-25(29-24-20-11-9-8-10-18(20)16-23(24)30-7-3)27-22(6-2)26(28-21)31-19-14-12-17(4)13-15-19/h8-15,23-24H,5-7,16H2,1-4H3,(H,27,29)/t23-,24+/m0/s1. The second-order valence-corrected chi connectivity index (χ2v) is 8.97. The molecule has 4 nitrogen and oxygen atoms in total. The van der Waals surface area contributed by atoms with Crippen molar-refractivity contribution < 1.29 is 4.74 Å². The molecule has 0 amide bonds. The first-order valence-corrected chi connectivity index (χ1v) is 12.0. The Morgan fingerprint density at radius 3 is 2.42 bits per heavy atom. The quantitative estimate of drug-likeness (QED) is 0.460. The van der Waals surface area contributed by atoms with Crippen LogP contribution >= 0.6 is 11.8 Å². The van der Waals surface area contributed by atoms with Gasteiger partial charge in [0.2, 0.25) is 0 Å². The van der Waals surface area contributed by atoms with Gasteiger partial charge in [0, 0.05) is 17.9 Å². The summed E-state index contributed by atoms with van der Waals surface area (Å²) < 4.78 is 6.10. The van der Waals surface area contributed by atoms with E-state index in [0.29, 0.717) is 6.61 Å². The lowest BCUT2D eigenvalue weighted by Gasteiger charge is -2.24. The van der Waals surface area contributed by atoms with Gasteiger partial charge >= 0.3 is 0 Å². The fraction of sp³-hybridized carbons (Fsp3) is 0.385. The number of benzene rings is 2. The van der Waals surface area contributed by atoms with E-state index in [1.165, 1.54) is 21.6 Å². The van der Waals surface area contributed by atoms with Crippen molar-refractivity contribution in [2.24, 2.45) is 0 Å². The van der Waals surface area contributed by atoms with E-state index in [-0.39, 0.29) is 12.1 Å². The molecular formula is C26H31N3OS. The van der Waals surface area contributed by atoms with E-state index in [1.807, 2.05) is 0 Å². The second-order valence-electron chi connectivity index (χ2n) is 7.91. The third-order valence-corrected chi connectivity index (χ3v) is 6.79. The van der Waals surface area contributed by atoms with E-state index < -0.39 is 0 Å². The lowest BCUT2D eigenvalue weighted by atomic mass is 10.1. The zero-order chi connectivity index (χ0) is 21.8. The predicted octanol–water partition coefficient (Wildman–Crippen LogP) is 6.18. The molecule has 1 aliphatic carbocycles. The molecule has 0 unspecified atom stereocenters. The third kappa shape index (κ3) is 4.78. The monoisotopic (exact) mass is 433 g/mol. The van der Waals surface area contributed by atoms with Gasteiger partial charge in [-0.1, -0.05) is 67.6 Å². The molecule has 1 aromatic heterocycles. The molecular weight excluding hydrogens is 402 g/mol. The van der Waals surface area contributed by atoms with Crippen molar-refractivity contribution >= 4 is 17.6 Å². The Balaban J connectivity index is 1.65. The molecule has 0 saturated carbocycles. The van der Waals surface area contributed by atoms with Crippen LogP contribution in [0.2, 0.25) is 0 Å². The molecule has 1 N–H and O–H groups in total. The van der Waals surface area contributed by atoms with Crippen molar-refractivity contribution in [2.45, 2.75) is 69.0 Å². The summed E-state index contributed by atoms with van der Waals surface area (Å²) in [6, 6.07) is 17.3. The molecule has 0 bridgehead atoms. The number of aryl methyl sites for hydroxylation is 3. The van der Waals surface area contributed by atoms with Crippen molar-refractivity contribution in [3.63, 3.8) is 0 Å². The van der Waals surface area contributed by atoms with Crippen molar-refractivity contribution in [1.82, 2.24) is 9.97 Å². The minimum absolute atomic E-state index is 0.0936. The Bertz CT molecular complexity index is 1040. The molecule has 2 aromatic carbocycles. The van der Waals surface area contributed by atoms with E-state index in [0.717, 1.165) is 41.5 Å². The minimum Gasteiger partial charge on any atom is -0.376 e. The maximum Gasteiger partial charge on any atom is 0.148 e. The van der Waals surface area contributed by atoms with Gasteiger partial charge in [-0.3, -0.25) is 0 Å². The van der Waals surface area contributed by atoms with Gasteiger partial charge < -0.3 is 10.1 Å². The highest BCUT2D eigenvalue weighted by Crippen LogP contribution is 2.37. The number of hydrogen-bond donors (Lipinski definition) is 1. The molecule has 1 aliphatic rings. The molecule has 0 fully saturated rings. The largest absolute Gasteiger partial charge is 0.376 e. The number of nitrogens with zero attached hydrogens (tertiary/aromatic N) is 2. The van der Waals surface area contributed by atoms with Crippen LogP contribution in [0.4, 0.5) is 5.82 Å². The second kappa shape index (κ2) is 9.84. The van der Waals surface area contributed by atoms with Crippen LogP contribution in [-0.4, -0.2) is 22.7 Å². The van der Waals surface area contributed by atoms with Crippen LogP contribution < -0.4 is 5.32 Å². The van der Waals surface area contributed by atoms with Gasteiger partial charge in [-0.15, -0.1) is 0 Å². The Labute approximate surface area is 189 Å². The van der Waals surface area contributed by atoms with Gasteiger partial charge in [-0.2, -0.15) is 0 Å². The van der Waals surface area contributed by atoms with E-state index in [2.05, 4.69) is 81.5 Å². The van der Waals surface area contributed by atoms with E-state index >= 15 is 0 Å². The Morgan fingerprint density at radius 2 is 1.71 bits per heavy atom. The summed E-state index contributed by atoms with van der Waals surface area (Å²) in [5, 5.41) is 4.72. The summed E-state index contributed by atoms with van der Waals surface area (Å²) in [7, 11) is 0. The highest BCUT2D eigenvalue weighted by atomic mass is 32.2. The lowest BCUT2D eigenvalue weighted by Crippen LogP contribution is -2.26. The molecule has 1 heterocycles. The summed E-state index contributed by atoms with van der Waals surface area (Å²) >= 11 is 1.70. The highest BCUT2D eigenvalue weighted by molar-refractivity contribution is 7.99. The number of ether oxygens (including phenoxy) is 1. The van der Waals surface area contributed by atoms with E-state index in [9.17, 15) is 0 Å². The number of aromatic nitrogens is 2. The molecule has 0 radical (unpaired) electrons. The molecule has 162 valence electrons. The van der Waals surface area contributed by atoms with E-state index in [1.54, 1.807) is 11.8 Å². The molecule has 0 aliphatic heterocycles. The molecule has 4 rings (SSSR count). The van der Waals surface area contributed by atoms with Crippen LogP contribution in [0.25, 0.3) is 0 Å². The maximum atomic E-state index is 6.10. The van der Waals surface area contributed by atoms with E-state index in [4.69, 9.17) is 14.7 Å². The zero-order valence-electron chi connectivity index (χ0n) is 18.8. The van der Waals surface area contributed by atoms with Crippen LogP contribution in [0.5, 0.6) is 0 Å². The van der Waals surface area contributed by atoms with Crippen molar-refractivity contribution in [3.05, 3.63) is 76.6 Å². The van der Waals surface area contributed by atoms with Gasteiger partial charge in [0.25, 0.3) is 0 Å². The fourth-order valence-corrected chi connectivity index (χ4v) is 5.08. The summed E-state index contributed by atoms with van der Waals surface area (Å²) in [4.78, 5) is 11.3. The SMILES string of the molecule is CCO[C@H]1Cc2ccccc2[C@H]1Nc1nc(CC)c(Sc2ccc(C)cc2)nc1CC. The summed E-state index contributed by atoms with van der Waals surface area (Å²) in [5.74, 6) is 0.888. The predicted molar refractivity (Wildman–Crippen MR) is 128 cm³/mol. The first-order chi connectivity index (χ1) is 15.1. The average Bonchev–Trinajstić information content (AvgIpc) is 3.13.